The Balaban J connectivity index is 1.92. The molecule has 9 heteroatoms. The summed E-state index contributed by atoms with van der Waals surface area (Å²) >= 11 is 3.31. The van der Waals surface area contributed by atoms with Gasteiger partial charge in [0.1, 0.15) is 30.5 Å². The molecule has 1 amide bonds. The van der Waals surface area contributed by atoms with Gasteiger partial charge in [0.2, 0.25) is 0 Å². The van der Waals surface area contributed by atoms with Crippen LogP contribution in [0.2, 0.25) is 0 Å². The predicted molar refractivity (Wildman–Crippen MR) is 100 cm³/mol. The molecule has 3 rings (SSSR count). The van der Waals surface area contributed by atoms with Crippen LogP contribution in [-0.2, 0) is 4.79 Å². The fourth-order valence-electron chi connectivity index (χ4n) is 2.43. The summed E-state index contributed by atoms with van der Waals surface area (Å²) in [5, 5.41) is 23.0. The van der Waals surface area contributed by atoms with Crippen LogP contribution in [0.3, 0.4) is 0 Å². The number of nitrogens with one attached hydrogen (secondary N) is 1. The minimum atomic E-state index is -0.766. The van der Waals surface area contributed by atoms with E-state index >= 15 is 0 Å². The van der Waals surface area contributed by atoms with Crippen molar-refractivity contribution in [1.29, 1.82) is 5.26 Å². The molecule has 27 heavy (non-hydrogen) atoms. The number of nitro groups is 1. The Bertz CT molecular complexity index is 997. The van der Waals surface area contributed by atoms with E-state index in [-0.39, 0.29) is 35.1 Å². The second kappa shape index (κ2) is 7.88. The number of anilines is 1. The fourth-order valence-corrected chi connectivity index (χ4v) is 2.85. The van der Waals surface area contributed by atoms with E-state index in [0.717, 1.165) is 4.47 Å². The number of fused-ring (bicyclic) bond motifs is 1. The van der Waals surface area contributed by atoms with Crippen LogP contribution < -0.4 is 14.8 Å². The third-order valence-electron chi connectivity index (χ3n) is 3.63. The van der Waals surface area contributed by atoms with Gasteiger partial charge in [0.25, 0.3) is 11.6 Å². The van der Waals surface area contributed by atoms with Crippen LogP contribution >= 0.6 is 15.9 Å². The first kappa shape index (κ1) is 18.4. The molecule has 0 aliphatic carbocycles. The van der Waals surface area contributed by atoms with Crippen LogP contribution in [0.15, 0.2) is 46.4 Å². The van der Waals surface area contributed by atoms with Gasteiger partial charge in [-0.1, -0.05) is 28.1 Å². The van der Waals surface area contributed by atoms with E-state index in [2.05, 4.69) is 21.2 Å². The second-order valence-electron chi connectivity index (χ2n) is 5.45. The van der Waals surface area contributed by atoms with Gasteiger partial charge in [0, 0.05) is 10.5 Å². The van der Waals surface area contributed by atoms with Gasteiger partial charge in [0.15, 0.2) is 11.5 Å². The van der Waals surface area contributed by atoms with E-state index in [1.807, 2.05) is 12.1 Å². The second-order valence-corrected chi connectivity index (χ2v) is 6.36. The number of carbonyl (C=O) groups excluding carboxylic acids is 1. The van der Waals surface area contributed by atoms with Gasteiger partial charge < -0.3 is 14.8 Å². The van der Waals surface area contributed by atoms with Crippen LogP contribution in [0.5, 0.6) is 11.5 Å². The molecule has 8 nitrogen and oxygen atoms in total. The summed E-state index contributed by atoms with van der Waals surface area (Å²) in [7, 11) is 0. The normalized spacial score (nSPS) is 12.8. The maximum atomic E-state index is 12.5. The molecule has 0 saturated heterocycles. The zero-order valence-corrected chi connectivity index (χ0v) is 15.4. The first-order valence-corrected chi connectivity index (χ1v) is 8.54. The van der Waals surface area contributed by atoms with Crippen molar-refractivity contribution in [3.8, 4) is 17.6 Å². The highest BCUT2D eigenvalue weighted by Gasteiger charge is 2.24. The molecule has 0 radical (unpaired) electrons. The summed E-state index contributed by atoms with van der Waals surface area (Å²) in [4.78, 5) is 23.2. The van der Waals surface area contributed by atoms with E-state index in [9.17, 15) is 20.2 Å². The van der Waals surface area contributed by atoms with Gasteiger partial charge in [-0.25, -0.2) is 0 Å². The average molecular weight is 430 g/mol. The monoisotopic (exact) mass is 429 g/mol. The molecule has 0 atom stereocenters. The van der Waals surface area contributed by atoms with Crippen LogP contribution in [-0.4, -0.2) is 24.0 Å². The van der Waals surface area contributed by atoms with Crippen molar-refractivity contribution >= 4 is 39.3 Å². The largest absolute Gasteiger partial charge is 0.486 e. The lowest BCUT2D eigenvalue weighted by molar-refractivity contribution is -0.384. The Kier molecular flexibility index (Phi) is 5.38. The number of nitro benzene ring substituents is 1. The minimum Gasteiger partial charge on any atom is -0.486 e. The number of rotatable bonds is 4. The molecule has 136 valence electrons. The van der Waals surface area contributed by atoms with E-state index in [1.54, 1.807) is 18.2 Å². The lowest BCUT2D eigenvalue weighted by Crippen LogP contribution is -2.18. The SMILES string of the molecule is N#C/C(=C\c1cccc(Br)c1)C(=O)Nc1cc2c(cc1[N+](=O)[O-])OCCO2. The van der Waals surface area contributed by atoms with Gasteiger partial charge in [-0.15, -0.1) is 0 Å². The van der Waals surface area contributed by atoms with Crippen molar-refractivity contribution in [2.24, 2.45) is 0 Å². The van der Waals surface area contributed by atoms with Gasteiger partial charge >= 0.3 is 0 Å². The first-order valence-electron chi connectivity index (χ1n) is 7.74. The molecule has 1 aliphatic rings. The molecule has 2 aromatic carbocycles. The number of nitriles is 1. The van der Waals surface area contributed by atoms with Gasteiger partial charge in [-0.05, 0) is 23.8 Å². The zero-order chi connectivity index (χ0) is 19.4. The maximum Gasteiger partial charge on any atom is 0.296 e. The van der Waals surface area contributed by atoms with E-state index in [4.69, 9.17) is 9.47 Å². The van der Waals surface area contributed by atoms with E-state index in [0.29, 0.717) is 12.2 Å². The minimum absolute atomic E-state index is 0.0790. The average Bonchev–Trinajstić information content (AvgIpc) is 2.65. The third-order valence-corrected chi connectivity index (χ3v) is 4.12. The van der Waals surface area contributed by atoms with Crippen LogP contribution in [0, 0.1) is 21.4 Å². The molecule has 0 aromatic heterocycles. The number of amides is 1. The summed E-state index contributed by atoms with van der Waals surface area (Å²) in [6, 6.07) is 11.3. The van der Waals surface area contributed by atoms with E-state index < -0.39 is 10.8 Å². The van der Waals surface area contributed by atoms with Gasteiger partial charge in [-0.2, -0.15) is 5.26 Å². The first-order chi connectivity index (χ1) is 13.0. The Hall–Kier alpha value is -3.38. The summed E-state index contributed by atoms with van der Waals surface area (Å²) in [6.45, 7) is 0.578. The van der Waals surface area contributed by atoms with Crippen molar-refractivity contribution in [1.82, 2.24) is 0 Å². The number of hydrogen-bond donors (Lipinski definition) is 1. The maximum absolute atomic E-state index is 12.5. The van der Waals surface area contributed by atoms with Crippen LogP contribution in [0.4, 0.5) is 11.4 Å². The number of carbonyl (C=O) groups is 1. The lowest BCUT2D eigenvalue weighted by atomic mass is 10.1. The van der Waals surface area contributed by atoms with E-state index in [1.165, 1.54) is 18.2 Å². The van der Waals surface area contributed by atoms with Crippen molar-refractivity contribution in [3.63, 3.8) is 0 Å². The zero-order valence-electron chi connectivity index (χ0n) is 13.8. The Morgan fingerprint density at radius 3 is 2.59 bits per heavy atom. The highest BCUT2D eigenvalue weighted by molar-refractivity contribution is 9.10. The number of benzene rings is 2. The Labute approximate surface area is 162 Å². The van der Waals surface area contributed by atoms with Crippen LogP contribution in [0.1, 0.15) is 5.56 Å². The lowest BCUT2D eigenvalue weighted by Gasteiger charge is -2.19. The summed E-state index contributed by atoms with van der Waals surface area (Å²) in [5.74, 6) is -0.245. The molecule has 1 heterocycles. The molecule has 0 saturated carbocycles. The summed E-state index contributed by atoms with van der Waals surface area (Å²) in [5.41, 5.74) is 0.00187. The molecule has 1 aliphatic heterocycles. The highest BCUT2D eigenvalue weighted by Crippen LogP contribution is 2.39. The van der Waals surface area contributed by atoms with Crippen molar-refractivity contribution < 1.29 is 19.2 Å². The molecule has 0 bridgehead atoms. The number of ether oxygens (including phenoxy) is 2. The van der Waals surface area contributed by atoms with Crippen molar-refractivity contribution in [2.75, 3.05) is 18.5 Å². The summed E-state index contributed by atoms with van der Waals surface area (Å²) < 4.78 is 11.5. The number of hydrogen-bond acceptors (Lipinski definition) is 6. The quantitative estimate of drug-likeness (QED) is 0.343. The standard InChI is InChI=1S/C18H12BrN3O5/c19-13-3-1-2-11(7-13)6-12(10-20)18(23)21-14-8-16-17(27-5-4-26-16)9-15(14)22(24)25/h1-3,6-9H,4-5H2,(H,21,23)/b12-6+. The molecule has 0 fully saturated rings. The number of halogens is 1. The fraction of sp³-hybridized carbons (Fsp3) is 0.111. The van der Waals surface area contributed by atoms with Crippen LogP contribution in [0.25, 0.3) is 6.08 Å². The molecule has 0 spiro atoms. The Morgan fingerprint density at radius 2 is 1.96 bits per heavy atom. The Morgan fingerprint density at radius 1 is 1.26 bits per heavy atom. The van der Waals surface area contributed by atoms with Gasteiger partial charge in [0.05, 0.1) is 11.0 Å². The molecular formula is C18H12BrN3O5. The predicted octanol–water partition coefficient (Wildman–Crippen LogP) is 3.67. The smallest absolute Gasteiger partial charge is 0.296 e. The molecule has 0 unspecified atom stereocenters. The molecular weight excluding hydrogens is 418 g/mol. The van der Waals surface area contributed by atoms with Crippen molar-refractivity contribution in [2.45, 2.75) is 0 Å². The van der Waals surface area contributed by atoms with Crippen molar-refractivity contribution in [3.05, 3.63) is 62.1 Å². The topological polar surface area (TPSA) is 114 Å². The molecule has 1 N–H and O–H groups in total. The number of nitrogens with zero attached hydrogens (tertiary/aromatic N) is 2. The highest BCUT2D eigenvalue weighted by atomic mass is 79.9. The molecule has 2 aromatic rings. The summed E-state index contributed by atoms with van der Waals surface area (Å²) in [6.07, 6.45) is 1.39. The van der Waals surface area contributed by atoms with Gasteiger partial charge in [-0.3, -0.25) is 14.9 Å². The third kappa shape index (κ3) is 4.24.